The van der Waals surface area contributed by atoms with Crippen LogP contribution in [0.1, 0.15) is 46.5 Å². The first-order valence-corrected chi connectivity index (χ1v) is 11.7. The van der Waals surface area contributed by atoms with Crippen molar-refractivity contribution in [3.8, 4) is 0 Å². The van der Waals surface area contributed by atoms with Gasteiger partial charge in [0.1, 0.15) is 0 Å². The molecule has 2 N–H and O–H groups in total. The molecule has 4 aliphatic carbocycles. The number of fused-ring (bicyclic) bond motifs is 7. The summed E-state index contributed by atoms with van der Waals surface area (Å²) in [6.07, 6.45) is 5.38. The normalized spacial score (nSPS) is 48.9. The first kappa shape index (κ1) is 22.0. The Balaban J connectivity index is 1.57. The van der Waals surface area contributed by atoms with Gasteiger partial charge in [-0.25, -0.2) is 4.39 Å². The summed E-state index contributed by atoms with van der Waals surface area (Å²) in [5, 5.41) is 14.8. The molecular weight excluding hydrogens is 413 g/mol. The molecular formula is C25H32FNO5. The highest BCUT2D eigenvalue weighted by molar-refractivity contribution is 6.01. The van der Waals surface area contributed by atoms with Crippen molar-refractivity contribution in [2.45, 2.75) is 58.2 Å². The molecule has 3 saturated carbocycles. The SMILES string of the molecule is CC(=O)OCC(=O)C12CNCC1CC1C3CCC4=CC(=O)C=CC4(C)C3(F)C(O)CC12C. The molecule has 8 unspecified atom stereocenters. The number of ether oxygens (including phenoxy) is 1. The van der Waals surface area contributed by atoms with Gasteiger partial charge in [-0.15, -0.1) is 0 Å². The van der Waals surface area contributed by atoms with Crippen LogP contribution in [-0.4, -0.2) is 54.1 Å². The van der Waals surface area contributed by atoms with Crippen LogP contribution in [-0.2, 0) is 19.1 Å². The molecule has 7 heteroatoms. The molecule has 0 radical (unpaired) electrons. The van der Waals surface area contributed by atoms with Gasteiger partial charge >= 0.3 is 5.97 Å². The zero-order chi connectivity index (χ0) is 23.1. The lowest BCUT2D eigenvalue weighted by atomic mass is 9.43. The Morgan fingerprint density at radius 3 is 2.78 bits per heavy atom. The Morgan fingerprint density at radius 1 is 1.31 bits per heavy atom. The van der Waals surface area contributed by atoms with Crippen molar-refractivity contribution in [3.63, 3.8) is 0 Å². The summed E-state index contributed by atoms with van der Waals surface area (Å²) in [6.45, 7) is 5.96. The zero-order valence-electron chi connectivity index (χ0n) is 18.9. The number of hydrogen-bond donors (Lipinski definition) is 2. The first-order chi connectivity index (χ1) is 15.0. The van der Waals surface area contributed by atoms with Crippen LogP contribution >= 0.6 is 0 Å². The number of halogens is 1. The number of Topliss-reactive ketones (excluding diaryl/α,β-unsaturated/α-hetero) is 1. The molecule has 4 fully saturated rings. The number of aliphatic hydroxyl groups excluding tert-OH is 1. The lowest BCUT2D eigenvalue weighted by Gasteiger charge is -2.63. The van der Waals surface area contributed by atoms with E-state index >= 15 is 4.39 Å². The topological polar surface area (TPSA) is 92.7 Å². The molecule has 32 heavy (non-hydrogen) atoms. The second kappa shape index (κ2) is 6.83. The van der Waals surface area contributed by atoms with Crippen LogP contribution in [0.3, 0.4) is 0 Å². The number of aliphatic hydroxyl groups is 1. The van der Waals surface area contributed by atoms with Crippen molar-refractivity contribution >= 4 is 17.5 Å². The summed E-state index contributed by atoms with van der Waals surface area (Å²) in [4.78, 5) is 36.9. The molecule has 5 rings (SSSR count). The molecule has 0 aromatic rings. The van der Waals surface area contributed by atoms with Crippen molar-refractivity contribution < 1.29 is 28.6 Å². The van der Waals surface area contributed by atoms with E-state index in [1.165, 1.54) is 19.1 Å². The summed E-state index contributed by atoms with van der Waals surface area (Å²) in [6, 6.07) is 0. The minimum Gasteiger partial charge on any atom is -0.458 e. The van der Waals surface area contributed by atoms with Crippen LogP contribution in [0.5, 0.6) is 0 Å². The van der Waals surface area contributed by atoms with Gasteiger partial charge in [-0.05, 0) is 68.6 Å². The van der Waals surface area contributed by atoms with Crippen molar-refractivity contribution in [2.75, 3.05) is 19.7 Å². The van der Waals surface area contributed by atoms with Gasteiger partial charge in [-0.1, -0.05) is 18.6 Å². The van der Waals surface area contributed by atoms with Gasteiger partial charge in [0, 0.05) is 24.8 Å². The Morgan fingerprint density at radius 2 is 2.06 bits per heavy atom. The third-order valence-corrected chi connectivity index (χ3v) is 9.98. The van der Waals surface area contributed by atoms with Crippen molar-refractivity contribution in [3.05, 3.63) is 23.8 Å². The molecule has 1 saturated heterocycles. The largest absolute Gasteiger partial charge is 0.458 e. The lowest BCUT2D eigenvalue weighted by molar-refractivity contribution is -0.205. The maximum Gasteiger partial charge on any atom is 0.303 e. The van der Waals surface area contributed by atoms with Gasteiger partial charge < -0.3 is 15.2 Å². The highest BCUT2D eigenvalue weighted by atomic mass is 19.1. The van der Waals surface area contributed by atoms with E-state index in [0.717, 1.165) is 5.57 Å². The fourth-order valence-electron chi connectivity index (χ4n) is 8.47. The summed E-state index contributed by atoms with van der Waals surface area (Å²) in [5.41, 5.74) is -3.57. The second-order valence-electron chi connectivity index (χ2n) is 11.0. The second-order valence-corrected chi connectivity index (χ2v) is 11.0. The van der Waals surface area contributed by atoms with Crippen molar-refractivity contribution in [1.29, 1.82) is 0 Å². The molecule has 0 amide bonds. The van der Waals surface area contributed by atoms with E-state index in [4.69, 9.17) is 4.74 Å². The van der Waals surface area contributed by atoms with E-state index in [1.54, 1.807) is 13.0 Å². The monoisotopic (exact) mass is 445 g/mol. The molecule has 8 atom stereocenters. The number of carbonyl (C=O) groups excluding carboxylic acids is 3. The maximum atomic E-state index is 17.2. The van der Waals surface area contributed by atoms with Crippen LogP contribution in [0.2, 0.25) is 0 Å². The predicted molar refractivity (Wildman–Crippen MR) is 114 cm³/mol. The average molecular weight is 446 g/mol. The van der Waals surface area contributed by atoms with Crippen molar-refractivity contribution in [1.82, 2.24) is 5.32 Å². The summed E-state index contributed by atoms with van der Waals surface area (Å²) < 4.78 is 22.3. The summed E-state index contributed by atoms with van der Waals surface area (Å²) >= 11 is 0. The Labute approximate surface area is 187 Å². The summed E-state index contributed by atoms with van der Waals surface area (Å²) in [5.74, 6) is -1.23. The fraction of sp³-hybridized carbons (Fsp3) is 0.720. The highest BCUT2D eigenvalue weighted by Crippen LogP contribution is 2.73. The van der Waals surface area contributed by atoms with Gasteiger partial charge in [-0.2, -0.15) is 0 Å². The van der Waals surface area contributed by atoms with Gasteiger partial charge in [0.15, 0.2) is 23.8 Å². The van der Waals surface area contributed by atoms with Crippen LogP contribution in [0.15, 0.2) is 23.8 Å². The quantitative estimate of drug-likeness (QED) is 0.648. The number of hydrogen-bond acceptors (Lipinski definition) is 6. The van der Waals surface area contributed by atoms with E-state index in [0.29, 0.717) is 32.4 Å². The van der Waals surface area contributed by atoms with Gasteiger partial charge in [0.25, 0.3) is 0 Å². The Kier molecular flexibility index (Phi) is 4.68. The minimum atomic E-state index is -1.90. The van der Waals surface area contributed by atoms with Crippen LogP contribution in [0.25, 0.3) is 0 Å². The third kappa shape index (κ3) is 2.44. The number of allylic oxidation sites excluding steroid dienone is 4. The van der Waals surface area contributed by atoms with Crippen LogP contribution in [0, 0.1) is 34.0 Å². The zero-order valence-corrected chi connectivity index (χ0v) is 18.9. The average Bonchev–Trinajstić information content (AvgIpc) is 3.25. The lowest BCUT2D eigenvalue weighted by Crippen LogP contribution is -2.68. The Bertz CT molecular complexity index is 960. The standard InChI is InChI=1S/C25H32FNO5/c1-14(28)32-12-21(31)24-13-27-11-16(24)9-19-18-5-4-15-8-17(29)6-7-22(15,2)25(18,26)20(30)10-23(19,24)3/h6-8,16,18-20,27,30H,4-5,9-13H2,1-3H3. The van der Waals surface area contributed by atoms with E-state index < -0.39 is 39.9 Å². The van der Waals surface area contributed by atoms with E-state index in [-0.39, 0.29) is 36.4 Å². The van der Waals surface area contributed by atoms with E-state index in [9.17, 15) is 19.5 Å². The third-order valence-electron chi connectivity index (χ3n) is 9.98. The molecule has 6 nitrogen and oxygen atoms in total. The molecule has 174 valence electrons. The number of nitrogens with one attached hydrogen (secondary N) is 1. The highest BCUT2D eigenvalue weighted by Gasteiger charge is 2.76. The van der Waals surface area contributed by atoms with E-state index in [2.05, 4.69) is 5.32 Å². The molecule has 0 aromatic carbocycles. The first-order valence-electron chi connectivity index (χ1n) is 11.7. The number of rotatable bonds is 3. The number of alkyl halides is 1. The van der Waals surface area contributed by atoms with Crippen molar-refractivity contribution in [2.24, 2.45) is 34.0 Å². The van der Waals surface area contributed by atoms with E-state index in [1.807, 2.05) is 6.92 Å². The molecule has 5 aliphatic rings. The van der Waals surface area contributed by atoms with Gasteiger partial charge in [0.05, 0.1) is 11.5 Å². The summed E-state index contributed by atoms with van der Waals surface area (Å²) in [7, 11) is 0. The van der Waals surface area contributed by atoms with Crippen LogP contribution in [0.4, 0.5) is 4.39 Å². The fourth-order valence-corrected chi connectivity index (χ4v) is 8.47. The minimum absolute atomic E-state index is 0.0170. The molecule has 1 heterocycles. The Hall–Kier alpha value is -1.86. The number of ketones is 2. The van der Waals surface area contributed by atoms with Gasteiger partial charge in [-0.3, -0.25) is 14.4 Å². The molecule has 0 spiro atoms. The maximum absolute atomic E-state index is 17.2. The van der Waals surface area contributed by atoms with Gasteiger partial charge in [0.2, 0.25) is 0 Å². The number of esters is 1. The van der Waals surface area contributed by atoms with Crippen LogP contribution < -0.4 is 5.32 Å². The number of carbonyl (C=O) groups is 3. The molecule has 0 bridgehead atoms. The smallest absolute Gasteiger partial charge is 0.303 e. The molecule has 0 aromatic heterocycles. The molecule has 1 aliphatic heterocycles. The predicted octanol–water partition coefficient (Wildman–Crippen LogP) is 2.31.